The van der Waals surface area contributed by atoms with E-state index < -0.39 is 0 Å². The molecule has 3 heteroatoms. The molecule has 1 amide bonds. The Morgan fingerprint density at radius 3 is 2.71 bits per heavy atom. The van der Waals surface area contributed by atoms with Gasteiger partial charge in [-0.05, 0) is 50.2 Å². The Kier molecular flexibility index (Phi) is 4.21. The Morgan fingerprint density at radius 2 is 2.06 bits per heavy atom. The zero-order chi connectivity index (χ0) is 12.3. The molecular formula is C14H21NOS. The highest BCUT2D eigenvalue weighted by Gasteiger charge is 2.18. The van der Waals surface area contributed by atoms with Crippen LogP contribution in [0.2, 0.25) is 0 Å². The van der Waals surface area contributed by atoms with Gasteiger partial charge in [-0.15, -0.1) is 11.3 Å². The Hall–Kier alpha value is -0.830. The first-order valence-electron chi connectivity index (χ1n) is 6.67. The Labute approximate surface area is 107 Å². The lowest BCUT2D eigenvalue weighted by molar-refractivity contribution is 0.0939. The number of hydrogen-bond donors (Lipinski definition) is 1. The van der Waals surface area contributed by atoms with Crippen molar-refractivity contribution in [2.75, 3.05) is 0 Å². The number of rotatable bonds is 4. The lowest BCUT2D eigenvalue weighted by atomic mass is 9.99. The van der Waals surface area contributed by atoms with Crippen LogP contribution in [0, 0.1) is 0 Å². The third-order valence-corrected chi connectivity index (χ3v) is 4.78. The molecule has 0 aliphatic heterocycles. The van der Waals surface area contributed by atoms with Crippen LogP contribution in [0.15, 0.2) is 6.07 Å². The number of hydrogen-bond acceptors (Lipinski definition) is 2. The molecule has 1 aromatic rings. The molecule has 1 heterocycles. The fourth-order valence-corrected chi connectivity index (χ4v) is 3.51. The first-order valence-corrected chi connectivity index (χ1v) is 7.48. The van der Waals surface area contributed by atoms with Crippen molar-refractivity contribution in [2.45, 2.75) is 58.4 Å². The molecule has 0 bridgehead atoms. The summed E-state index contributed by atoms with van der Waals surface area (Å²) in [5.74, 6) is 0.123. The summed E-state index contributed by atoms with van der Waals surface area (Å²) < 4.78 is 0. The van der Waals surface area contributed by atoms with Crippen molar-refractivity contribution >= 4 is 17.2 Å². The van der Waals surface area contributed by atoms with Crippen LogP contribution in [0.1, 0.15) is 59.6 Å². The summed E-state index contributed by atoms with van der Waals surface area (Å²) in [7, 11) is 0. The van der Waals surface area contributed by atoms with Gasteiger partial charge in [-0.25, -0.2) is 0 Å². The number of aryl methyl sites for hydroxylation is 2. The first kappa shape index (κ1) is 12.6. The van der Waals surface area contributed by atoms with Gasteiger partial charge in [0.2, 0.25) is 0 Å². The van der Waals surface area contributed by atoms with E-state index in [-0.39, 0.29) is 5.91 Å². The fourth-order valence-electron chi connectivity index (χ4n) is 2.35. The van der Waals surface area contributed by atoms with E-state index in [1.807, 2.05) is 0 Å². The molecule has 1 N–H and O–H groups in total. The zero-order valence-electron chi connectivity index (χ0n) is 10.7. The van der Waals surface area contributed by atoms with Crippen molar-refractivity contribution in [2.24, 2.45) is 0 Å². The SMILES string of the molecule is CCC(CC)NC(=O)c1cc2c(s1)CCCC2. The van der Waals surface area contributed by atoms with Gasteiger partial charge in [0.15, 0.2) is 0 Å². The van der Waals surface area contributed by atoms with Gasteiger partial charge in [0.05, 0.1) is 4.88 Å². The average Bonchev–Trinajstić information content (AvgIpc) is 2.79. The molecule has 94 valence electrons. The molecule has 0 spiro atoms. The molecule has 0 fully saturated rings. The maximum atomic E-state index is 12.1. The second-order valence-electron chi connectivity index (χ2n) is 4.75. The molecule has 1 aliphatic rings. The van der Waals surface area contributed by atoms with Crippen molar-refractivity contribution in [3.8, 4) is 0 Å². The van der Waals surface area contributed by atoms with Gasteiger partial charge in [-0.1, -0.05) is 13.8 Å². The van der Waals surface area contributed by atoms with Crippen molar-refractivity contribution in [1.29, 1.82) is 0 Å². The highest BCUT2D eigenvalue weighted by Crippen LogP contribution is 2.29. The minimum absolute atomic E-state index is 0.123. The molecule has 2 nitrogen and oxygen atoms in total. The van der Waals surface area contributed by atoms with Crippen molar-refractivity contribution in [3.05, 3.63) is 21.4 Å². The maximum Gasteiger partial charge on any atom is 0.261 e. The molecule has 0 radical (unpaired) electrons. The molecule has 0 unspecified atom stereocenters. The van der Waals surface area contributed by atoms with Crippen LogP contribution >= 0.6 is 11.3 Å². The standard InChI is InChI=1S/C14H21NOS/c1-3-11(4-2)15-14(16)13-9-10-7-5-6-8-12(10)17-13/h9,11H,3-8H2,1-2H3,(H,15,16). The van der Waals surface area contributed by atoms with Gasteiger partial charge in [0, 0.05) is 10.9 Å². The minimum Gasteiger partial charge on any atom is -0.349 e. The van der Waals surface area contributed by atoms with E-state index in [4.69, 9.17) is 0 Å². The van der Waals surface area contributed by atoms with E-state index in [2.05, 4.69) is 25.2 Å². The predicted molar refractivity (Wildman–Crippen MR) is 72.8 cm³/mol. The average molecular weight is 251 g/mol. The van der Waals surface area contributed by atoms with Crippen LogP contribution in [-0.4, -0.2) is 11.9 Å². The predicted octanol–water partition coefficient (Wildman–Crippen LogP) is 3.55. The van der Waals surface area contributed by atoms with Gasteiger partial charge in [-0.3, -0.25) is 4.79 Å². The topological polar surface area (TPSA) is 29.1 Å². The zero-order valence-corrected chi connectivity index (χ0v) is 11.5. The van der Waals surface area contributed by atoms with E-state index in [9.17, 15) is 4.79 Å². The van der Waals surface area contributed by atoms with Crippen LogP contribution in [0.4, 0.5) is 0 Å². The van der Waals surface area contributed by atoms with E-state index in [1.54, 1.807) is 11.3 Å². The first-order chi connectivity index (χ1) is 8.24. The molecule has 0 saturated carbocycles. The number of fused-ring (bicyclic) bond motifs is 1. The second kappa shape index (κ2) is 5.67. The van der Waals surface area contributed by atoms with E-state index in [0.29, 0.717) is 6.04 Å². The van der Waals surface area contributed by atoms with Gasteiger partial charge in [-0.2, -0.15) is 0 Å². The summed E-state index contributed by atoms with van der Waals surface area (Å²) >= 11 is 1.69. The molecular weight excluding hydrogens is 230 g/mol. The van der Waals surface area contributed by atoms with Crippen molar-refractivity contribution in [1.82, 2.24) is 5.32 Å². The summed E-state index contributed by atoms with van der Waals surface area (Å²) in [5.41, 5.74) is 1.41. The van der Waals surface area contributed by atoms with E-state index in [0.717, 1.165) is 30.6 Å². The third-order valence-electron chi connectivity index (χ3n) is 3.54. The minimum atomic E-state index is 0.123. The van der Waals surface area contributed by atoms with Crippen molar-refractivity contribution < 1.29 is 4.79 Å². The smallest absolute Gasteiger partial charge is 0.261 e. The lowest BCUT2D eigenvalue weighted by Crippen LogP contribution is -2.33. The Morgan fingerprint density at radius 1 is 1.35 bits per heavy atom. The number of nitrogens with one attached hydrogen (secondary N) is 1. The quantitative estimate of drug-likeness (QED) is 0.871. The number of amides is 1. The van der Waals surface area contributed by atoms with Crippen molar-refractivity contribution in [3.63, 3.8) is 0 Å². The third kappa shape index (κ3) is 2.89. The molecule has 1 aromatic heterocycles. The molecule has 0 atom stereocenters. The summed E-state index contributed by atoms with van der Waals surface area (Å²) in [6.07, 6.45) is 6.89. The van der Waals surface area contributed by atoms with Gasteiger partial charge >= 0.3 is 0 Å². The normalized spacial score (nSPS) is 14.8. The Bertz CT molecular complexity index is 369. The summed E-state index contributed by atoms with van der Waals surface area (Å²) in [5, 5.41) is 3.11. The number of carbonyl (C=O) groups excluding carboxylic acids is 1. The Balaban J connectivity index is 2.06. The van der Waals surface area contributed by atoms with E-state index >= 15 is 0 Å². The maximum absolute atomic E-state index is 12.1. The highest BCUT2D eigenvalue weighted by molar-refractivity contribution is 7.14. The summed E-state index contributed by atoms with van der Waals surface area (Å²) in [6.45, 7) is 4.24. The van der Waals surface area contributed by atoms with Crippen LogP contribution in [-0.2, 0) is 12.8 Å². The van der Waals surface area contributed by atoms with Gasteiger partial charge < -0.3 is 5.32 Å². The highest BCUT2D eigenvalue weighted by atomic mass is 32.1. The monoisotopic (exact) mass is 251 g/mol. The van der Waals surface area contributed by atoms with Crippen LogP contribution in [0.3, 0.4) is 0 Å². The largest absolute Gasteiger partial charge is 0.349 e. The van der Waals surface area contributed by atoms with Crippen LogP contribution in [0.5, 0.6) is 0 Å². The molecule has 17 heavy (non-hydrogen) atoms. The number of thiophene rings is 1. The second-order valence-corrected chi connectivity index (χ2v) is 5.89. The molecule has 2 rings (SSSR count). The summed E-state index contributed by atoms with van der Waals surface area (Å²) in [4.78, 5) is 14.4. The van der Waals surface area contributed by atoms with Crippen LogP contribution < -0.4 is 5.32 Å². The van der Waals surface area contributed by atoms with Gasteiger partial charge in [0.25, 0.3) is 5.91 Å². The lowest BCUT2D eigenvalue weighted by Gasteiger charge is -2.13. The van der Waals surface area contributed by atoms with Gasteiger partial charge in [0.1, 0.15) is 0 Å². The molecule has 0 saturated heterocycles. The molecule has 0 aromatic carbocycles. The fraction of sp³-hybridized carbons (Fsp3) is 0.643. The molecule has 1 aliphatic carbocycles. The van der Waals surface area contributed by atoms with E-state index in [1.165, 1.54) is 23.3 Å². The summed E-state index contributed by atoms with van der Waals surface area (Å²) in [6, 6.07) is 2.43. The number of carbonyl (C=O) groups is 1. The van der Waals surface area contributed by atoms with Crippen LogP contribution in [0.25, 0.3) is 0 Å².